The lowest BCUT2D eigenvalue weighted by molar-refractivity contribution is 0.338. The molecule has 0 aliphatic rings. The third kappa shape index (κ3) is 2.93. The van der Waals surface area contributed by atoms with Crippen molar-refractivity contribution in [1.82, 2.24) is 9.97 Å². The zero-order chi connectivity index (χ0) is 16.3. The number of nitriles is 1. The van der Waals surface area contributed by atoms with Gasteiger partial charge in [-0.1, -0.05) is 23.4 Å². The Morgan fingerprint density at radius 3 is 2.86 bits per heavy atom. The van der Waals surface area contributed by atoms with Crippen molar-refractivity contribution in [3.63, 3.8) is 0 Å². The smallest absolute Gasteiger partial charge is 0.270 e. The van der Waals surface area contributed by atoms with E-state index in [1.165, 1.54) is 23.9 Å². The van der Waals surface area contributed by atoms with Crippen LogP contribution in [0.1, 0.15) is 12.5 Å². The van der Waals surface area contributed by atoms with E-state index >= 15 is 0 Å². The van der Waals surface area contributed by atoms with Crippen LogP contribution in [0.5, 0.6) is 5.75 Å². The molecule has 0 fully saturated rings. The van der Waals surface area contributed by atoms with Gasteiger partial charge in [0.25, 0.3) is 5.56 Å². The average molecular weight is 340 g/mol. The lowest BCUT2D eigenvalue weighted by Crippen LogP contribution is -2.15. The number of thioether (sulfide) groups is 1. The first kappa shape index (κ1) is 16.3. The normalized spacial score (nSPS) is 10.3. The lowest BCUT2D eigenvalue weighted by atomic mass is 10.1. The minimum atomic E-state index is -0.783. The van der Waals surface area contributed by atoms with E-state index < -0.39 is 11.4 Å². The summed E-state index contributed by atoms with van der Waals surface area (Å²) in [5, 5.41) is 9.20. The summed E-state index contributed by atoms with van der Waals surface area (Å²) in [5.74, 6) is -0.590. The molecule has 1 aromatic carbocycles. The van der Waals surface area contributed by atoms with Gasteiger partial charge in [-0.05, 0) is 25.3 Å². The van der Waals surface area contributed by atoms with Crippen molar-refractivity contribution in [2.75, 3.05) is 12.9 Å². The van der Waals surface area contributed by atoms with Crippen LogP contribution < -0.4 is 10.3 Å². The fraction of sp³-hybridized carbons (Fsp3) is 0.214. The van der Waals surface area contributed by atoms with Crippen molar-refractivity contribution in [2.45, 2.75) is 12.1 Å². The van der Waals surface area contributed by atoms with E-state index in [1.54, 1.807) is 19.2 Å². The molecule has 22 heavy (non-hydrogen) atoms. The molecule has 8 heteroatoms. The van der Waals surface area contributed by atoms with Crippen LogP contribution in [0.2, 0.25) is 5.02 Å². The van der Waals surface area contributed by atoms with Gasteiger partial charge in [0.05, 0.1) is 12.3 Å². The summed E-state index contributed by atoms with van der Waals surface area (Å²) in [7, 11) is 0. The number of ether oxygens (including phenoxy) is 1. The number of nitrogens with one attached hydrogen (secondary N) is 1. The number of benzene rings is 1. The fourth-order valence-corrected chi connectivity index (χ4v) is 2.43. The first-order chi connectivity index (χ1) is 10.5. The number of nitrogens with zero attached hydrogens (tertiary/aromatic N) is 2. The summed E-state index contributed by atoms with van der Waals surface area (Å²) in [6, 6.07) is 4.61. The van der Waals surface area contributed by atoms with Crippen LogP contribution in [0.25, 0.3) is 11.3 Å². The van der Waals surface area contributed by atoms with E-state index in [1.807, 2.05) is 0 Å². The van der Waals surface area contributed by atoms with Crippen LogP contribution >= 0.6 is 23.4 Å². The Morgan fingerprint density at radius 2 is 2.27 bits per heavy atom. The molecule has 5 nitrogen and oxygen atoms in total. The highest BCUT2D eigenvalue weighted by Gasteiger charge is 2.20. The second-order valence-electron chi connectivity index (χ2n) is 4.08. The van der Waals surface area contributed by atoms with Gasteiger partial charge in [-0.2, -0.15) is 5.26 Å². The standard InChI is InChI=1S/C14H11ClFN3O2S/c1-3-21-9-5-4-7(11(16)10(9)15)12-8(6-17)13(20)19-14(18-12)22-2/h4-5H,3H2,1-2H3,(H,18,19,20). The second kappa shape index (κ2) is 6.81. The van der Waals surface area contributed by atoms with E-state index in [-0.39, 0.29) is 32.7 Å². The largest absolute Gasteiger partial charge is 0.492 e. The van der Waals surface area contributed by atoms with Gasteiger partial charge < -0.3 is 9.72 Å². The Hall–Kier alpha value is -2.04. The number of hydrogen-bond acceptors (Lipinski definition) is 5. The molecule has 0 amide bonds. The van der Waals surface area contributed by atoms with Gasteiger partial charge >= 0.3 is 0 Å². The maximum absolute atomic E-state index is 14.5. The molecular weight excluding hydrogens is 329 g/mol. The first-order valence-corrected chi connectivity index (χ1v) is 7.83. The van der Waals surface area contributed by atoms with Crippen molar-refractivity contribution < 1.29 is 9.13 Å². The van der Waals surface area contributed by atoms with E-state index in [2.05, 4.69) is 9.97 Å². The third-order valence-corrected chi connectivity index (χ3v) is 3.74. The Morgan fingerprint density at radius 1 is 1.55 bits per heavy atom. The van der Waals surface area contributed by atoms with E-state index in [0.29, 0.717) is 6.61 Å². The Bertz CT molecular complexity index is 817. The molecule has 0 saturated heterocycles. The fourth-order valence-electron chi connectivity index (χ4n) is 1.83. The van der Waals surface area contributed by atoms with Crippen molar-refractivity contribution >= 4 is 23.4 Å². The van der Waals surface area contributed by atoms with Crippen molar-refractivity contribution in [2.24, 2.45) is 0 Å². The zero-order valence-corrected chi connectivity index (χ0v) is 13.3. The molecule has 0 atom stereocenters. The summed E-state index contributed by atoms with van der Waals surface area (Å²) in [4.78, 5) is 18.4. The molecule has 0 spiro atoms. The highest BCUT2D eigenvalue weighted by atomic mass is 35.5. The molecule has 1 aromatic heterocycles. The molecule has 2 rings (SSSR count). The molecule has 0 aliphatic heterocycles. The molecule has 0 aliphatic carbocycles. The molecule has 1 heterocycles. The number of aromatic amines is 1. The van der Waals surface area contributed by atoms with Gasteiger partial charge in [-0.15, -0.1) is 0 Å². The Balaban J connectivity index is 2.72. The van der Waals surface area contributed by atoms with Gasteiger partial charge in [0.1, 0.15) is 22.4 Å². The van der Waals surface area contributed by atoms with Gasteiger partial charge in [0, 0.05) is 5.56 Å². The van der Waals surface area contributed by atoms with Crippen molar-refractivity contribution in [3.05, 3.63) is 38.9 Å². The quantitative estimate of drug-likeness (QED) is 0.683. The molecule has 2 aromatic rings. The van der Waals surface area contributed by atoms with Crippen LogP contribution in [-0.2, 0) is 0 Å². The number of aromatic nitrogens is 2. The van der Waals surface area contributed by atoms with Crippen LogP contribution in [0.3, 0.4) is 0 Å². The highest BCUT2D eigenvalue weighted by Crippen LogP contribution is 2.34. The predicted octanol–water partition coefficient (Wildman–Crippen LogP) is 3.22. The summed E-state index contributed by atoms with van der Waals surface area (Å²) >= 11 is 7.11. The topological polar surface area (TPSA) is 78.8 Å². The molecular formula is C14H11ClFN3O2S. The number of rotatable bonds is 4. The van der Waals surface area contributed by atoms with E-state index in [0.717, 1.165) is 0 Å². The number of hydrogen-bond donors (Lipinski definition) is 1. The molecule has 1 N–H and O–H groups in total. The third-order valence-electron chi connectivity index (χ3n) is 2.80. The Kier molecular flexibility index (Phi) is 5.06. The second-order valence-corrected chi connectivity index (χ2v) is 5.26. The maximum Gasteiger partial charge on any atom is 0.270 e. The summed E-state index contributed by atoms with van der Waals surface area (Å²) in [6.45, 7) is 2.08. The molecule has 0 saturated carbocycles. The van der Waals surface area contributed by atoms with Crippen molar-refractivity contribution in [3.8, 4) is 23.1 Å². The van der Waals surface area contributed by atoms with E-state index in [9.17, 15) is 9.18 Å². The molecule has 0 radical (unpaired) electrons. The average Bonchev–Trinajstić information content (AvgIpc) is 2.51. The van der Waals surface area contributed by atoms with Crippen molar-refractivity contribution in [1.29, 1.82) is 5.26 Å². The number of H-pyrrole nitrogens is 1. The monoisotopic (exact) mass is 339 g/mol. The Labute approximate surface area is 135 Å². The maximum atomic E-state index is 14.5. The van der Waals surface area contributed by atoms with Crippen LogP contribution in [0.15, 0.2) is 22.1 Å². The lowest BCUT2D eigenvalue weighted by Gasteiger charge is -2.10. The number of halogens is 2. The van der Waals surface area contributed by atoms with Crippen LogP contribution in [-0.4, -0.2) is 22.8 Å². The SMILES string of the molecule is CCOc1ccc(-c2nc(SC)[nH]c(=O)c2C#N)c(F)c1Cl. The van der Waals surface area contributed by atoms with Gasteiger partial charge in [0.2, 0.25) is 0 Å². The summed E-state index contributed by atoms with van der Waals surface area (Å²) in [6.07, 6.45) is 1.70. The molecule has 0 unspecified atom stereocenters. The van der Waals surface area contributed by atoms with Crippen LogP contribution in [0.4, 0.5) is 4.39 Å². The summed E-state index contributed by atoms with van der Waals surface area (Å²) < 4.78 is 19.7. The van der Waals surface area contributed by atoms with E-state index in [4.69, 9.17) is 21.6 Å². The molecule has 114 valence electrons. The van der Waals surface area contributed by atoms with Gasteiger partial charge in [0.15, 0.2) is 11.0 Å². The molecule has 0 bridgehead atoms. The predicted molar refractivity (Wildman–Crippen MR) is 82.9 cm³/mol. The first-order valence-electron chi connectivity index (χ1n) is 6.23. The van der Waals surface area contributed by atoms with Gasteiger partial charge in [-0.25, -0.2) is 9.37 Å². The zero-order valence-electron chi connectivity index (χ0n) is 11.7. The van der Waals surface area contributed by atoms with Crippen LogP contribution in [0, 0.1) is 17.1 Å². The minimum Gasteiger partial charge on any atom is -0.492 e. The highest BCUT2D eigenvalue weighted by molar-refractivity contribution is 7.98. The summed E-state index contributed by atoms with van der Waals surface area (Å²) in [5.41, 5.74) is -0.956. The van der Waals surface area contributed by atoms with Gasteiger partial charge in [-0.3, -0.25) is 4.79 Å². The minimum absolute atomic E-state index is 0.0218.